The molecule has 0 heterocycles. The molecule has 1 amide bonds. The number of benzene rings is 2. The highest BCUT2D eigenvalue weighted by molar-refractivity contribution is 9.10. The summed E-state index contributed by atoms with van der Waals surface area (Å²) in [5.41, 5.74) is 3.33. The molecule has 0 spiro atoms. The van der Waals surface area contributed by atoms with Crippen molar-refractivity contribution in [3.63, 3.8) is 0 Å². The van der Waals surface area contributed by atoms with Crippen LogP contribution in [0.15, 0.2) is 53.0 Å². The lowest BCUT2D eigenvalue weighted by molar-refractivity contribution is -0.113. The molecule has 0 aliphatic carbocycles. The van der Waals surface area contributed by atoms with E-state index in [0.717, 1.165) is 15.9 Å². The Kier molecular flexibility index (Phi) is 5.68. The third-order valence-corrected chi connectivity index (χ3v) is 4.19. The van der Waals surface area contributed by atoms with Crippen molar-refractivity contribution in [3.8, 4) is 0 Å². The van der Waals surface area contributed by atoms with Gasteiger partial charge in [-0.1, -0.05) is 51.8 Å². The number of amides is 1. The maximum Gasteiger partial charge on any atom is 0.234 e. The summed E-state index contributed by atoms with van der Waals surface area (Å²) in [4.78, 5) is 11.8. The average molecular weight is 350 g/mol. The lowest BCUT2D eigenvalue weighted by atomic mass is 10.2. The number of hydrogen-bond donors (Lipinski definition) is 1. The molecule has 0 unspecified atom stereocenters. The Hall–Kier alpha value is -1.26. The van der Waals surface area contributed by atoms with Crippen molar-refractivity contribution in [2.75, 3.05) is 11.1 Å². The third-order valence-electron chi connectivity index (χ3n) is 2.69. The third kappa shape index (κ3) is 5.02. The number of carbonyl (C=O) groups is 1. The molecule has 104 valence electrons. The average Bonchev–Trinajstić information content (AvgIpc) is 2.38. The fourth-order valence-corrected chi connectivity index (χ4v) is 3.00. The Labute approximate surface area is 132 Å². The largest absolute Gasteiger partial charge is 0.325 e. The standard InChI is InChI=1S/C16H16BrNOS/c1-12-4-2-5-13(8-12)10-20-11-16(19)18-15-7-3-6-14(17)9-15/h2-9H,10-11H2,1H3,(H,18,19). The number of anilines is 1. The highest BCUT2D eigenvalue weighted by Crippen LogP contribution is 2.17. The SMILES string of the molecule is Cc1cccc(CSCC(=O)Nc2cccc(Br)c2)c1. The highest BCUT2D eigenvalue weighted by atomic mass is 79.9. The van der Waals surface area contributed by atoms with Crippen LogP contribution in [0.2, 0.25) is 0 Å². The summed E-state index contributed by atoms with van der Waals surface area (Å²) in [6, 6.07) is 16.0. The zero-order valence-electron chi connectivity index (χ0n) is 11.2. The molecular weight excluding hydrogens is 334 g/mol. The Morgan fingerprint density at radius 2 is 2.00 bits per heavy atom. The van der Waals surface area contributed by atoms with E-state index in [1.54, 1.807) is 11.8 Å². The highest BCUT2D eigenvalue weighted by Gasteiger charge is 2.03. The topological polar surface area (TPSA) is 29.1 Å². The monoisotopic (exact) mass is 349 g/mol. The van der Waals surface area contributed by atoms with Crippen LogP contribution in [-0.2, 0) is 10.5 Å². The van der Waals surface area contributed by atoms with Crippen LogP contribution in [0.5, 0.6) is 0 Å². The first-order chi connectivity index (χ1) is 9.63. The molecule has 0 saturated heterocycles. The van der Waals surface area contributed by atoms with Gasteiger partial charge in [0.25, 0.3) is 0 Å². The molecule has 0 saturated carbocycles. The molecule has 0 aromatic heterocycles. The summed E-state index contributed by atoms with van der Waals surface area (Å²) in [5.74, 6) is 1.34. The molecule has 0 radical (unpaired) electrons. The second-order valence-electron chi connectivity index (χ2n) is 4.54. The second kappa shape index (κ2) is 7.50. The number of thioether (sulfide) groups is 1. The van der Waals surface area contributed by atoms with E-state index in [1.165, 1.54) is 11.1 Å². The van der Waals surface area contributed by atoms with E-state index in [2.05, 4.69) is 46.4 Å². The van der Waals surface area contributed by atoms with E-state index in [0.29, 0.717) is 5.75 Å². The van der Waals surface area contributed by atoms with E-state index in [-0.39, 0.29) is 5.91 Å². The van der Waals surface area contributed by atoms with Gasteiger partial charge in [-0.2, -0.15) is 0 Å². The number of nitrogens with one attached hydrogen (secondary N) is 1. The van der Waals surface area contributed by atoms with Crippen molar-refractivity contribution < 1.29 is 4.79 Å². The van der Waals surface area contributed by atoms with Gasteiger partial charge in [-0.15, -0.1) is 11.8 Å². The fourth-order valence-electron chi connectivity index (χ4n) is 1.83. The quantitative estimate of drug-likeness (QED) is 0.852. The van der Waals surface area contributed by atoms with Crippen molar-refractivity contribution in [1.29, 1.82) is 0 Å². The van der Waals surface area contributed by atoms with Crippen LogP contribution in [-0.4, -0.2) is 11.7 Å². The minimum Gasteiger partial charge on any atom is -0.325 e. The summed E-state index contributed by atoms with van der Waals surface area (Å²) in [6.45, 7) is 2.08. The van der Waals surface area contributed by atoms with E-state index < -0.39 is 0 Å². The van der Waals surface area contributed by atoms with Gasteiger partial charge >= 0.3 is 0 Å². The van der Waals surface area contributed by atoms with E-state index in [4.69, 9.17) is 0 Å². The molecule has 2 aromatic rings. The van der Waals surface area contributed by atoms with E-state index in [9.17, 15) is 4.79 Å². The summed E-state index contributed by atoms with van der Waals surface area (Å²) in [5, 5.41) is 2.89. The fraction of sp³-hybridized carbons (Fsp3) is 0.188. The molecule has 0 aliphatic rings. The number of hydrogen-bond acceptors (Lipinski definition) is 2. The molecule has 0 atom stereocenters. The predicted octanol–water partition coefficient (Wildman–Crippen LogP) is 4.63. The Morgan fingerprint density at radius 1 is 1.20 bits per heavy atom. The molecule has 4 heteroatoms. The molecule has 0 bridgehead atoms. The van der Waals surface area contributed by atoms with Gasteiger partial charge in [0.15, 0.2) is 0 Å². The minimum atomic E-state index is 0.0285. The Balaban J connectivity index is 1.78. The second-order valence-corrected chi connectivity index (χ2v) is 6.44. The van der Waals surface area contributed by atoms with Gasteiger partial charge in [0.05, 0.1) is 5.75 Å². The van der Waals surface area contributed by atoms with Crippen LogP contribution in [0.4, 0.5) is 5.69 Å². The van der Waals surface area contributed by atoms with Gasteiger partial charge in [0.2, 0.25) is 5.91 Å². The van der Waals surface area contributed by atoms with Crippen molar-refractivity contribution >= 4 is 39.3 Å². The smallest absolute Gasteiger partial charge is 0.234 e. The predicted molar refractivity (Wildman–Crippen MR) is 90.1 cm³/mol. The van der Waals surface area contributed by atoms with Crippen molar-refractivity contribution in [3.05, 3.63) is 64.1 Å². The summed E-state index contributed by atoms with van der Waals surface area (Å²) < 4.78 is 0.961. The summed E-state index contributed by atoms with van der Waals surface area (Å²) in [7, 11) is 0. The van der Waals surface area contributed by atoms with Gasteiger partial charge in [0.1, 0.15) is 0 Å². The molecule has 0 fully saturated rings. The first-order valence-electron chi connectivity index (χ1n) is 6.32. The molecular formula is C16H16BrNOS. The van der Waals surface area contributed by atoms with Gasteiger partial charge in [-0.25, -0.2) is 0 Å². The van der Waals surface area contributed by atoms with Crippen LogP contribution in [0.1, 0.15) is 11.1 Å². The van der Waals surface area contributed by atoms with Gasteiger partial charge < -0.3 is 5.32 Å². The van der Waals surface area contributed by atoms with Gasteiger partial charge in [0, 0.05) is 15.9 Å². The zero-order chi connectivity index (χ0) is 14.4. The molecule has 2 nitrogen and oxygen atoms in total. The van der Waals surface area contributed by atoms with Crippen LogP contribution < -0.4 is 5.32 Å². The van der Waals surface area contributed by atoms with E-state index in [1.807, 2.05) is 30.3 Å². The zero-order valence-corrected chi connectivity index (χ0v) is 13.6. The lowest BCUT2D eigenvalue weighted by Crippen LogP contribution is -2.14. The Bertz CT molecular complexity index is 601. The Morgan fingerprint density at radius 3 is 2.75 bits per heavy atom. The molecule has 2 rings (SSSR count). The van der Waals surface area contributed by atoms with Crippen molar-refractivity contribution in [2.45, 2.75) is 12.7 Å². The first-order valence-corrected chi connectivity index (χ1v) is 8.27. The number of halogens is 1. The van der Waals surface area contributed by atoms with Gasteiger partial charge in [-0.3, -0.25) is 4.79 Å². The molecule has 1 N–H and O–H groups in total. The lowest BCUT2D eigenvalue weighted by Gasteiger charge is -2.06. The van der Waals surface area contributed by atoms with Crippen molar-refractivity contribution in [1.82, 2.24) is 0 Å². The van der Waals surface area contributed by atoms with Crippen LogP contribution in [0, 0.1) is 6.92 Å². The molecule has 2 aromatic carbocycles. The minimum absolute atomic E-state index is 0.0285. The first kappa shape index (κ1) is 15.1. The van der Waals surface area contributed by atoms with Crippen LogP contribution in [0.25, 0.3) is 0 Å². The maximum atomic E-state index is 11.8. The maximum absolute atomic E-state index is 11.8. The van der Waals surface area contributed by atoms with Crippen LogP contribution in [0.3, 0.4) is 0 Å². The number of carbonyl (C=O) groups excluding carboxylic acids is 1. The normalized spacial score (nSPS) is 10.3. The van der Waals surface area contributed by atoms with E-state index >= 15 is 0 Å². The summed E-state index contributed by atoms with van der Waals surface area (Å²) >= 11 is 5.01. The van der Waals surface area contributed by atoms with Gasteiger partial charge in [-0.05, 0) is 30.7 Å². The molecule has 0 aliphatic heterocycles. The number of aryl methyl sites for hydroxylation is 1. The van der Waals surface area contributed by atoms with Crippen molar-refractivity contribution in [2.24, 2.45) is 0 Å². The number of rotatable bonds is 5. The summed E-state index contributed by atoms with van der Waals surface area (Å²) in [6.07, 6.45) is 0. The van der Waals surface area contributed by atoms with Crippen LogP contribution >= 0.6 is 27.7 Å². The molecule has 20 heavy (non-hydrogen) atoms.